The molecule has 0 saturated carbocycles. The Morgan fingerprint density at radius 3 is 2.27 bits per heavy atom. The van der Waals surface area contributed by atoms with Crippen molar-refractivity contribution in [3.8, 4) is 11.5 Å². The molecule has 1 aliphatic heterocycles. The zero-order valence-corrected chi connectivity index (χ0v) is 22.5. The number of halogens is 1. The van der Waals surface area contributed by atoms with Gasteiger partial charge in [-0.1, -0.05) is 30.3 Å². The number of methoxy groups -OCH3 is 2. The molecule has 0 atom stereocenters. The van der Waals surface area contributed by atoms with E-state index in [1.807, 2.05) is 19.2 Å². The third-order valence-corrected chi connectivity index (χ3v) is 5.74. The van der Waals surface area contributed by atoms with Crippen LogP contribution in [0.3, 0.4) is 0 Å². The van der Waals surface area contributed by atoms with Crippen LogP contribution < -0.4 is 14.8 Å². The third-order valence-electron chi connectivity index (χ3n) is 5.74. The average Bonchev–Trinajstić information content (AvgIpc) is 2.84. The van der Waals surface area contributed by atoms with E-state index in [0.717, 1.165) is 69.8 Å². The molecule has 0 aromatic heterocycles. The third kappa shape index (κ3) is 8.35. The van der Waals surface area contributed by atoms with E-state index in [4.69, 9.17) is 14.2 Å². The molecule has 1 aliphatic rings. The summed E-state index contributed by atoms with van der Waals surface area (Å²) in [6.07, 6.45) is 0.883. The Labute approximate surface area is 215 Å². The van der Waals surface area contributed by atoms with E-state index in [1.165, 1.54) is 16.7 Å². The minimum atomic E-state index is 0. The largest absolute Gasteiger partial charge is 0.493 e. The lowest BCUT2D eigenvalue weighted by atomic mass is 10.1. The SMILES string of the molecule is CN=C(NCc1ccc(CN2CCOCC2)cc1)N(C)CCc1ccc(OC)c(OC)c1.I. The van der Waals surface area contributed by atoms with Crippen LogP contribution in [0.5, 0.6) is 11.5 Å². The second-order valence-electron chi connectivity index (χ2n) is 7.97. The van der Waals surface area contributed by atoms with Crippen molar-refractivity contribution in [1.82, 2.24) is 15.1 Å². The van der Waals surface area contributed by atoms with Gasteiger partial charge in [0.15, 0.2) is 17.5 Å². The van der Waals surface area contributed by atoms with E-state index >= 15 is 0 Å². The molecule has 8 heteroatoms. The van der Waals surface area contributed by atoms with Gasteiger partial charge in [-0.2, -0.15) is 0 Å². The highest BCUT2D eigenvalue weighted by atomic mass is 127. The van der Waals surface area contributed by atoms with Gasteiger partial charge in [0.1, 0.15) is 0 Å². The molecule has 1 saturated heterocycles. The molecule has 33 heavy (non-hydrogen) atoms. The van der Waals surface area contributed by atoms with Crippen molar-refractivity contribution in [3.63, 3.8) is 0 Å². The lowest BCUT2D eigenvalue weighted by Crippen LogP contribution is -2.39. The first kappa shape index (κ1) is 27.2. The Bertz CT molecular complexity index is 870. The minimum Gasteiger partial charge on any atom is -0.493 e. The maximum atomic E-state index is 5.43. The topological polar surface area (TPSA) is 58.6 Å². The summed E-state index contributed by atoms with van der Waals surface area (Å²) in [6.45, 7) is 6.25. The Kier molecular flexibility index (Phi) is 11.8. The van der Waals surface area contributed by atoms with Crippen LogP contribution in [0.1, 0.15) is 16.7 Å². The van der Waals surface area contributed by atoms with Gasteiger partial charge in [0.25, 0.3) is 0 Å². The van der Waals surface area contributed by atoms with Gasteiger partial charge < -0.3 is 24.4 Å². The van der Waals surface area contributed by atoms with Crippen molar-refractivity contribution >= 4 is 29.9 Å². The molecule has 1 heterocycles. The molecular formula is C25H37IN4O3. The fraction of sp³-hybridized carbons (Fsp3) is 0.480. The van der Waals surface area contributed by atoms with Crippen molar-refractivity contribution in [2.45, 2.75) is 19.5 Å². The first-order chi connectivity index (χ1) is 15.6. The lowest BCUT2D eigenvalue weighted by molar-refractivity contribution is 0.0342. The van der Waals surface area contributed by atoms with Crippen molar-refractivity contribution in [2.75, 3.05) is 61.2 Å². The number of likely N-dealkylation sites (N-methyl/N-ethyl adjacent to an activating group) is 1. The van der Waals surface area contributed by atoms with E-state index in [0.29, 0.717) is 0 Å². The average molecular weight is 569 g/mol. The number of guanidine groups is 1. The molecule has 0 amide bonds. The number of hydrogen-bond donors (Lipinski definition) is 1. The molecule has 1 fully saturated rings. The summed E-state index contributed by atoms with van der Waals surface area (Å²) in [4.78, 5) is 9.02. The van der Waals surface area contributed by atoms with Gasteiger partial charge in [0.2, 0.25) is 0 Å². The predicted molar refractivity (Wildman–Crippen MR) is 144 cm³/mol. The summed E-state index contributed by atoms with van der Waals surface area (Å²) in [5.74, 6) is 2.38. The summed E-state index contributed by atoms with van der Waals surface area (Å²) in [7, 11) is 7.19. The first-order valence-corrected chi connectivity index (χ1v) is 11.1. The monoisotopic (exact) mass is 568 g/mol. The standard InChI is InChI=1S/C25H36N4O3.HI/c1-26-25(28(2)12-11-20-9-10-23(30-3)24(17-20)31-4)27-18-21-5-7-22(8-6-21)19-29-13-15-32-16-14-29;/h5-10,17H,11-16,18-19H2,1-4H3,(H,26,27);1H. The van der Waals surface area contributed by atoms with Gasteiger partial charge in [-0.15, -0.1) is 24.0 Å². The second kappa shape index (κ2) is 14.3. The first-order valence-electron chi connectivity index (χ1n) is 11.1. The quantitative estimate of drug-likeness (QED) is 0.285. The zero-order valence-electron chi connectivity index (χ0n) is 20.2. The van der Waals surface area contributed by atoms with E-state index < -0.39 is 0 Å². The normalized spacial score (nSPS) is 14.4. The smallest absolute Gasteiger partial charge is 0.193 e. The number of ether oxygens (including phenoxy) is 3. The van der Waals surface area contributed by atoms with Crippen molar-refractivity contribution in [2.24, 2.45) is 4.99 Å². The number of nitrogens with zero attached hydrogens (tertiary/aromatic N) is 3. The van der Waals surface area contributed by atoms with Crippen molar-refractivity contribution in [1.29, 1.82) is 0 Å². The molecule has 1 N–H and O–H groups in total. The van der Waals surface area contributed by atoms with Crippen LogP contribution in [-0.2, 0) is 24.2 Å². The van der Waals surface area contributed by atoms with Crippen LogP contribution in [-0.4, -0.2) is 76.9 Å². The summed E-state index contributed by atoms with van der Waals surface area (Å²) in [6, 6.07) is 14.9. The molecule has 0 spiro atoms. The number of nitrogens with one attached hydrogen (secondary N) is 1. The maximum absolute atomic E-state index is 5.43. The Balaban J connectivity index is 0.00000385. The highest BCUT2D eigenvalue weighted by Gasteiger charge is 2.11. The molecule has 7 nitrogen and oxygen atoms in total. The molecule has 0 unspecified atom stereocenters. The molecule has 182 valence electrons. The molecule has 2 aromatic carbocycles. The number of hydrogen-bond acceptors (Lipinski definition) is 5. The summed E-state index contributed by atoms with van der Waals surface area (Å²) >= 11 is 0. The minimum absolute atomic E-state index is 0. The molecule has 2 aromatic rings. The van der Waals surface area contributed by atoms with Crippen molar-refractivity contribution in [3.05, 3.63) is 59.2 Å². The van der Waals surface area contributed by atoms with Crippen LogP contribution in [0.4, 0.5) is 0 Å². The number of rotatable bonds is 9. The lowest BCUT2D eigenvalue weighted by Gasteiger charge is -2.26. The van der Waals surface area contributed by atoms with Crippen LogP contribution in [0.25, 0.3) is 0 Å². The van der Waals surface area contributed by atoms with Gasteiger partial charge in [-0.25, -0.2) is 0 Å². The van der Waals surface area contributed by atoms with E-state index in [2.05, 4.69) is 57.5 Å². The van der Waals surface area contributed by atoms with Gasteiger partial charge in [0, 0.05) is 46.8 Å². The zero-order chi connectivity index (χ0) is 22.8. The van der Waals surface area contributed by atoms with Gasteiger partial charge in [0.05, 0.1) is 27.4 Å². The molecular weight excluding hydrogens is 531 g/mol. The van der Waals surface area contributed by atoms with Crippen LogP contribution in [0.15, 0.2) is 47.5 Å². The number of benzene rings is 2. The Hall–Kier alpha value is -2.04. The van der Waals surface area contributed by atoms with Crippen LogP contribution >= 0.6 is 24.0 Å². The van der Waals surface area contributed by atoms with Gasteiger partial charge in [-0.05, 0) is 35.2 Å². The second-order valence-corrected chi connectivity index (χ2v) is 7.97. The predicted octanol–water partition coefficient (Wildman–Crippen LogP) is 3.40. The van der Waals surface area contributed by atoms with Crippen LogP contribution in [0.2, 0.25) is 0 Å². The summed E-state index contributed by atoms with van der Waals surface area (Å²) < 4.78 is 16.2. The van der Waals surface area contributed by atoms with Crippen LogP contribution in [0, 0.1) is 0 Å². The van der Waals surface area contributed by atoms with E-state index in [9.17, 15) is 0 Å². The Morgan fingerprint density at radius 1 is 1.00 bits per heavy atom. The number of morpholine rings is 1. The fourth-order valence-corrected chi connectivity index (χ4v) is 3.78. The maximum Gasteiger partial charge on any atom is 0.193 e. The molecule has 3 rings (SSSR count). The van der Waals surface area contributed by atoms with E-state index in [-0.39, 0.29) is 24.0 Å². The van der Waals surface area contributed by atoms with E-state index in [1.54, 1.807) is 14.2 Å². The fourth-order valence-electron chi connectivity index (χ4n) is 3.78. The summed E-state index contributed by atoms with van der Waals surface area (Å²) in [5.41, 5.74) is 3.78. The molecule has 0 bridgehead atoms. The van der Waals surface area contributed by atoms with Gasteiger partial charge >= 0.3 is 0 Å². The Morgan fingerprint density at radius 2 is 1.64 bits per heavy atom. The van der Waals surface area contributed by atoms with Gasteiger partial charge in [-0.3, -0.25) is 9.89 Å². The molecule has 0 radical (unpaired) electrons. The summed E-state index contributed by atoms with van der Waals surface area (Å²) in [5, 5.41) is 3.47. The highest BCUT2D eigenvalue weighted by molar-refractivity contribution is 14.0. The highest BCUT2D eigenvalue weighted by Crippen LogP contribution is 2.27. The van der Waals surface area contributed by atoms with Crippen molar-refractivity contribution < 1.29 is 14.2 Å². The molecule has 0 aliphatic carbocycles. The number of aliphatic imine (C=N–C) groups is 1.